The van der Waals surface area contributed by atoms with Gasteiger partial charge in [0.15, 0.2) is 0 Å². The Morgan fingerprint density at radius 1 is 1.00 bits per heavy atom. The number of aliphatic hydroxyl groups excluding tert-OH is 1. The number of aliphatic hydroxyl groups is 1. The minimum absolute atomic E-state index is 0.0425. The van der Waals surface area contributed by atoms with Crippen LogP contribution in [-0.2, 0) is 10.8 Å². The van der Waals surface area contributed by atoms with E-state index in [4.69, 9.17) is 0 Å². The van der Waals surface area contributed by atoms with E-state index in [0.717, 1.165) is 12.0 Å². The molecule has 1 aliphatic rings. The Morgan fingerprint density at radius 3 is 2.29 bits per heavy atom. The Labute approximate surface area is 143 Å². The number of hydrogen-bond donors (Lipinski definition) is 2. The molecule has 0 saturated heterocycles. The molecule has 0 fully saturated rings. The number of benzene rings is 2. The Balaban J connectivity index is 2.08. The van der Waals surface area contributed by atoms with Crippen LogP contribution in [0.25, 0.3) is 0 Å². The third-order valence-corrected chi connectivity index (χ3v) is 5.19. The molecular weight excluding hydrogens is 300 g/mol. The van der Waals surface area contributed by atoms with Crippen molar-refractivity contribution < 1.29 is 15.0 Å². The minimum atomic E-state index is -1.02. The van der Waals surface area contributed by atoms with Crippen LogP contribution in [0.2, 0.25) is 0 Å². The van der Waals surface area contributed by atoms with Crippen molar-refractivity contribution in [3.8, 4) is 0 Å². The summed E-state index contributed by atoms with van der Waals surface area (Å²) in [5, 5.41) is 20.1. The van der Waals surface area contributed by atoms with E-state index < -0.39 is 12.1 Å². The summed E-state index contributed by atoms with van der Waals surface area (Å²) in [5.74, 6) is -1.02. The average Bonchev–Trinajstić information content (AvgIpc) is 2.71. The highest BCUT2D eigenvalue weighted by Crippen LogP contribution is 2.49. The summed E-state index contributed by atoms with van der Waals surface area (Å²) >= 11 is 0. The molecule has 3 heteroatoms. The number of carboxylic acids is 1. The normalized spacial score (nSPS) is 18.9. The van der Waals surface area contributed by atoms with Crippen LogP contribution in [0.1, 0.15) is 72.8 Å². The second kappa shape index (κ2) is 5.45. The molecule has 0 amide bonds. The third kappa shape index (κ3) is 2.63. The molecule has 2 N–H and O–H groups in total. The maximum atomic E-state index is 11.4. The first-order valence-electron chi connectivity index (χ1n) is 8.29. The molecule has 3 rings (SSSR count). The lowest BCUT2D eigenvalue weighted by Gasteiger charge is -2.22. The molecule has 126 valence electrons. The lowest BCUT2D eigenvalue weighted by molar-refractivity contribution is 0.0691. The highest BCUT2D eigenvalue weighted by Gasteiger charge is 2.42. The van der Waals surface area contributed by atoms with E-state index in [1.165, 1.54) is 17.2 Å². The van der Waals surface area contributed by atoms with Crippen LogP contribution in [0.15, 0.2) is 42.5 Å². The standard InChI is InChI=1S/C21H24O3/c1-20(2)12-21(3,4)17-11-13(9-10-16(17)20)18(22)14-7-5-6-8-15(14)19(23)24/h5-11,18,22H,12H2,1-4H3,(H,23,24). The number of hydrogen-bond acceptors (Lipinski definition) is 2. The third-order valence-electron chi connectivity index (χ3n) is 5.19. The maximum Gasteiger partial charge on any atom is 0.336 e. The molecule has 0 radical (unpaired) electrons. The first-order valence-corrected chi connectivity index (χ1v) is 8.29. The van der Waals surface area contributed by atoms with Crippen molar-refractivity contribution in [2.45, 2.75) is 51.0 Å². The van der Waals surface area contributed by atoms with Gasteiger partial charge in [-0.2, -0.15) is 0 Å². The second-order valence-electron chi connectivity index (χ2n) is 8.04. The summed E-state index contributed by atoms with van der Waals surface area (Å²) in [6.07, 6.45) is 0.114. The van der Waals surface area contributed by atoms with Crippen molar-refractivity contribution in [3.05, 3.63) is 70.3 Å². The van der Waals surface area contributed by atoms with Gasteiger partial charge in [-0.25, -0.2) is 4.79 Å². The van der Waals surface area contributed by atoms with E-state index in [2.05, 4.69) is 33.8 Å². The summed E-state index contributed by atoms with van der Waals surface area (Å²) < 4.78 is 0. The summed E-state index contributed by atoms with van der Waals surface area (Å²) in [7, 11) is 0. The topological polar surface area (TPSA) is 57.5 Å². The lowest BCUT2D eigenvalue weighted by Crippen LogP contribution is -2.18. The van der Waals surface area contributed by atoms with Crippen LogP contribution in [0, 0.1) is 0 Å². The van der Waals surface area contributed by atoms with E-state index in [0.29, 0.717) is 5.56 Å². The van der Waals surface area contributed by atoms with Gasteiger partial charge in [-0.1, -0.05) is 64.1 Å². The summed E-state index contributed by atoms with van der Waals surface area (Å²) in [6, 6.07) is 12.7. The molecule has 0 aliphatic heterocycles. The Hall–Kier alpha value is -2.13. The molecule has 0 aromatic heterocycles. The quantitative estimate of drug-likeness (QED) is 0.878. The lowest BCUT2D eigenvalue weighted by atomic mass is 9.82. The van der Waals surface area contributed by atoms with Crippen molar-refractivity contribution in [2.24, 2.45) is 0 Å². The van der Waals surface area contributed by atoms with Gasteiger partial charge in [-0.15, -0.1) is 0 Å². The highest BCUT2D eigenvalue weighted by atomic mass is 16.4. The van der Waals surface area contributed by atoms with Crippen LogP contribution >= 0.6 is 0 Å². The SMILES string of the molecule is CC1(C)CC(C)(C)c2cc(C(O)c3ccccc3C(=O)O)ccc21. The first-order chi connectivity index (χ1) is 11.1. The summed E-state index contributed by atoms with van der Waals surface area (Å²) in [6.45, 7) is 8.94. The van der Waals surface area contributed by atoms with Crippen LogP contribution in [0.5, 0.6) is 0 Å². The Morgan fingerprint density at radius 2 is 1.62 bits per heavy atom. The smallest absolute Gasteiger partial charge is 0.336 e. The summed E-state index contributed by atoms with van der Waals surface area (Å²) in [4.78, 5) is 11.4. The Bertz CT molecular complexity index is 802. The second-order valence-corrected chi connectivity index (χ2v) is 8.04. The molecule has 1 atom stereocenters. The average molecular weight is 324 g/mol. The van der Waals surface area contributed by atoms with Crippen LogP contribution < -0.4 is 0 Å². The number of aromatic carboxylic acids is 1. The van der Waals surface area contributed by atoms with Crippen LogP contribution in [0.3, 0.4) is 0 Å². The van der Waals surface area contributed by atoms with Crippen molar-refractivity contribution >= 4 is 5.97 Å². The van der Waals surface area contributed by atoms with E-state index in [1.54, 1.807) is 18.2 Å². The van der Waals surface area contributed by atoms with Crippen molar-refractivity contribution in [1.82, 2.24) is 0 Å². The molecule has 24 heavy (non-hydrogen) atoms. The first kappa shape index (κ1) is 16.7. The minimum Gasteiger partial charge on any atom is -0.478 e. The van der Waals surface area contributed by atoms with Crippen molar-refractivity contribution in [2.75, 3.05) is 0 Å². The number of carboxylic acid groups (broad SMARTS) is 1. The van der Waals surface area contributed by atoms with Crippen molar-refractivity contribution in [1.29, 1.82) is 0 Å². The van der Waals surface area contributed by atoms with Gasteiger partial charge >= 0.3 is 5.97 Å². The fourth-order valence-electron chi connectivity index (χ4n) is 4.29. The molecule has 0 heterocycles. The van der Waals surface area contributed by atoms with Gasteiger partial charge < -0.3 is 10.2 Å². The molecule has 2 aromatic rings. The predicted molar refractivity (Wildman–Crippen MR) is 94.6 cm³/mol. The number of carbonyl (C=O) groups is 1. The zero-order chi connectivity index (χ0) is 17.7. The van der Waals surface area contributed by atoms with Gasteiger partial charge in [0, 0.05) is 0 Å². The highest BCUT2D eigenvalue weighted by molar-refractivity contribution is 5.89. The van der Waals surface area contributed by atoms with Gasteiger partial charge in [-0.3, -0.25) is 0 Å². The van der Waals surface area contributed by atoms with E-state index in [9.17, 15) is 15.0 Å². The van der Waals surface area contributed by atoms with E-state index in [-0.39, 0.29) is 16.4 Å². The molecular formula is C21H24O3. The molecule has 2 aromatic carbocycles. The summed E-state index contributed by atoms with van der Waals surface area (Å²) in [5.41, 5.74) is 4.03. The fourth-order valence-corrected chi connectivity index (χ4v) is 4.29. The van der Waals surface area contributed by atoms with Gasteiger partial charge in [-0.05, 0) is 45.6 Å². The molecule has 0 saturated carbocycles. The molecule has 0 bridgehead atoms. The van der Waals surface area contributed by atoms with E-state index in [1.807, 2.05) is 12.1 Å². The Kier molecular flexibility index (Phi) is 3.80. The largest absolute Gasteiger partial charge is 0.478 e. The number of rotatable bonds is 3. The molecule has 0 spiro atoms. The van der Waals surface area contributed by atoms with Crippen molar-refractivity contribution in [3.63, 3.8) is 0 Å². The molecule has 3 nitrogen and oxygen atoms in total. The maximum absolute atomic E-state index is 11.4. The van der Waals surface area contributed by atoms with Gasteiger partial charge in [0.05, 0.1) is 5.56 Å². The van der Waals surface area contributed by atoms with E-state index >= 15 is 0 Å². The van der Waals surface area contributed by atoms with Crippen LogP contribution in [0.4, 0.5) is 0 Å². The van der Waals surface area contributed by atoms with Gasteiger partial charge in [0.1, 0.15) is 6.10 Å². The zero-order valence-corrected chi connectivity index (χ0v) is 14.6. The van der Waals surface area contributed by atoms with Gasteiger partial charge in [0.2, 0.25) is 0 Å². The molecule has 1 unspecified atom stereocenters. The zero-order valence-electron chi connectivity index (χ0n) is 14.6. The monoisotopic (exact) mass is 324 g/mol. The van der Waals surface area contributed by atoms with Crippen LogP contribution in [-0.4, -0.2) is 16.2 Å². The predicted octanol–water partition coefficient (Wildman–Crippen LogP) is 4.43. The van der Waals surface area contributed by atoms with Gasteiger partial charge in [0.25, 0.3) is 0 Å². The number of fused-ring (bicyclic) bond motifs is 1. The fraction of sp³-hybridized carbons (Fsp3) is 0.381. The molecule has 1 aliphatic carbocycles.